The van der Waals surface area contributed by atoms with E-state index in [-0.39, 0.29) is 17.4 Å². The molecule has 1 saturated heterocycles. The van der Waals surface area contributed by atoms with Crippen molar-refractivity contribution in [2.75, 3.05) is 13.1 Å². The smallest absolute Gasteiger partial charge is 0.303 e. The Morgan fingerprint density at radius 3 is 2.95 bits per heavy atom. The second kappa shape index (κ2) is 5.30. The summed E-state index contributed by atoms with van der Waals surface area (Å²) < 4.78 is 25.9. The molecule has 1 atom stereocenters. The molecule has 0 spiro atoms. The summed E-state index contributed by atoms with van der Waals surface area (Å²) in [5.74, 6) is -0.166. The van der Waals surface area contributed by atoms with Crippen LogP contribution < -0.4 is 0 Å². The van der Waals surface area contributed by atoms with Crippen molar-refractivity contribution < 1.29 is 18.3 Å². The molecule has 7 nitrogen and oxygen atoms in total. The molecule has 1 unspecified atom stereocenters. The SMILES string of the molecule is Cc1ncc(S(=O)(=O)N2CCC(CCC(=O)O)C2)[nH]1. The van der Waals surface area contributed by atoms with E-state index in [1.807, 2.05) is 0 Å². The third-order valence-corrected chi connectivity index (χ3v) is 5.09. The molecule has 2 heterocycles. The maximum Gasteiger partial charge on any atom is 0.303 e. The molecule has 1 aromatic rings. The average molecular weight is 287 g/mol. The second-order valence-corrected chi connectivity index (χ2v) is 6.69. The summed E-state index contributed by atoms with van der Waals surface area (Å²) in [6.45, 7) is 2.51. The molecule has 0 bridgehead atoms. The van der Waals surface area contributed by atoms with Crippen molar-refractivity contribution in [3.8, 4) is 0 Å². The number of carboxylic acids is 1. The van der Waals surface area contributed by atoms with Gasteiger partial charge in [-0.15, -0.1) is 0 Å². The van der Waals surface area contributed by atoms with Crippen molar-refractivity contribution in [2.24, 2.45) is 5.92 Å². The number of aryl methyl sites for hydroxylation is 1. The number of nitrogens with one attached hydrogen (secondary N) is 1. The first-order chi connectivity index (χ1) is 8.89. The lowest BCUT2D eigenvalue weighted by molar-refractivity contribution is -0.137. The van der Waals surface area contributed by atoms with Crippen LogP contribution in [0.1, 0.15) is 25.1 Å². The van der Waals surface area contributed by atoms with E-state index in [2.05, 4.69) is 9.97 Å². The molecule has 1 aromatic heterocycles. The number of nitrogens with zero attached hydrogens (tertiary/aromatic N) is 2. The number of sulfonamides is 1. The summed E-state index contributed by atoms with van der Waals surface area (Å²) in [5, 5.41) is 8.74. The van der Waals surface area contributed by atoms with E-state index in [1.165, 1.54) is 10.5 Å². The van der Waals surface area contributed by atoms with Crippen LogP contribution in [0.15, 0.2) is 11.2 Å². The molecule has 8 heteroatoms. The van der Waals surface area contributed by atoms with Crippen molar-refractivity contribution in [3.63, 3.8) is 0 Å². The number of H-pyrrole nitrogens is 1. The molecule has 0 amide bonds. The van der Waals surface area contributed by atoms with Crippen LogP contribution >= 0.6 is 0 Å². The molecule has 0 saturated carbocycles. The van der Waals surface area contributed by atoms with Crippen molar-refractivity contribution in [1.82, 2.24) is 14.3 Å². The lowest BCUT2D eigenvalue weighted by atomic mass is 10.0. The number of rotatable bonds is 5. The Morgan fingerprint density at radius 1 is 1.63 bits per heavy atom. The van der Waals surface area contributed by atoms with Gasteiger partial charge in [-0.1, -0.05) is 0 Å². The largest absolute Gasteiger partial charge is 0.481 e. The van der Waals surface area contributed by atoms with Gasteiger partial charge in [0.1, 0.15) is 5.82 Å². The number of hydrogen-bond acceptors (Lipinski definition) is 4. The van der Waals surface area contributed by atoms with E-state index in [4.69, 9.17) is 5.11 Å². The Labute approximate surface area is 111 Å². The van der Waals surface area contributed by atoms with Gasteiger partial charge in [0.25, 0.3) is 10.0 Å². The number of imidazole rings is 1. The molecule has 2 rings (SSSR count). The summed E-state index contributed by atoms with van der Waals surface area (Å²) >= 11 is 0. The van der Waals surface area contributed by atoms with Crippen LogP contribution in [0.4, 0.5) is 0 Å². The van der Waals surface area contributed by atoms with Crippen LogP contribution in [-0.4, -0.2) is 46.9 Å². The highest BCUT2D eigenvalue weighted by molar-refractivity contribution is 7.89. The van der Waals surface area contributed by atoms with E-state index in [1.54, 1.807) is 6.92 Å². The third-order valence-electron chi connectivity index (χ3n) is 3.31. The number of carboxylic acid groups (broad SMARTS) is 1. The predicted octanol–water partition coefficient (Wildman–Crippen LogP) is 0.594. The Morgan fingerprint density at radius 2 is 2.37 bits per heavy atom. The molecule has 1 aliphatic heterocycles. The first kappa shape index (κ1) is 14.0. The molecular formula is C11H17N3O4S. The van der Waals surface area contributed by atoms with Crippen LogP contribution in [-0.2, 0) is 14.8 Å². The number of hydrogen-bond donors (Lipinski definition) is 2. The van der Waals surface area contributed by atoms with Gasteiger partial charge in [-0.05, 0) is 25.7 Å². The van der Waals surface area contributed by atoms with Crippen LogP contribution in [0.3, 0.4) is 0 Å². The lowest BCUT2D eigenvalue weighted by Gasteiger charge is -2.14. The van der Waals surface area contributed by atoms with Crippen LogP contribution in [0.25, 0.3) is 0 Å². The van der Waals surface area contributed by atoms with E-state index >= 15 is 0 Å². The van der Waals surface area contributed by atoms with Crippen LogP contribution in [0.2, 0.25) is 0 Å². The summed E-state index contributed by atoms with van der Waals surface area (Å²) in [6.07, 6.45) is 2.62. The number of carbonyl (C=O) groups is 1. The monoisotopic (exact) mass is 287 g/mol. The molecule has 1 fully saturated rings. The molecule has 19 heavy (non-hydrogen) atoms. The van der Waals surface area contributed by atoms with Crippen molar-refractivity contribution in [1.29, 1.82) is 0 Å². The molecule has 1 aliphatic rings. The number of aromatic amines is 1. The minimum absolute atomic E-state index is 0.0850. The highest BCUT2D eigenvalue weighted by atomic mass is 32.2. The van der Waals surface area contributed by atoms with Gasteiger partial charge in [0.15, 0.2) is 5.03 Å². The van der Waals surface area contributed by atoms with Gasteiger partial charge in [0.05, 0.1) is 6.20 Å². The fourth-order valence-electron chi connectivity index (χ4n) is 2.25. The molecular weight excluding hydrogens is 270 g/mol. The predicted molar refractivity (Wildman–Crippen MR) is 67.1 cm³/mol. The van der Waals surface area contributed by atoms with E-state index in [0.717, 1.165) is 0 Å². The van der Waals surface area contributed by atoms with Gasteiger partial charge >= 0.3 is 5.97 Å². The van der Waals surface area contributed by atoms with E-state index in [9.17, 15) is 13.2 Å². The zero-order chi connectivity index (χ0) is 14.0. The molecule has 0 aromatic carbocycles. The van der Waals surface area contributed by atoms with Crippen molar-refractivity contribution >= 4 is 16.0 Å². The summed E-state index contributed by atoms with van der Waals surface area (Å²) in [7, 11) is -3.52. The van der Waals surface area contributed by atoms with Gasteiger partial charge < -0.3 is 10.1 Å². The van der Waals surface area contributed by atoms with Crippen molar-refractivity contribution in [2.45, 2.75) is 31.2 Å². The van der Waals surface area contributed by atoms with E-state index in [0.29, 0.717) is 31.8 Å². The normalized spacial score (nSPS) is 20.8. The maximum atomic E-state index is 12.3. The zero-order valence-electron chi connectivity index (χ0n) is 10.7. The fourth-order valence-corrected chi connectivity index (χ4v) is 3.74. The first-order valence-electron chi connectivity index (χ1n) is 6.13. The molecule has 2 N–H and O–H groups in total. The second-order valence-electron chi connectivity index (χ2n) is 4.78. The topological polar surface area (TPSA) is 103 Å². The van der Waals surface area contributed by atoms with Crippen LogP contribution in [0, 0.1) is 12.8 Å². The standard InChI is InChI=1S/C11H17N3O4S/c1-8-12-6-10(13-8)19(17,18)14-5-4-9(7-14)2-3-11(15)16/h6,9H,2-5,7H2,1H3,(H,12,13)(H,15,16). The minimum atomic E-state index is -3.52. The van der Waals surface area contributed by atoms with Gasteiger partial charge in [-0.25, -0.2) is 13.4 Å². The average Bonchev–Trinajstić information content (AvgIpc) is 2.95. The van der Waals surface area contributed by atoms with Gasteiger partial charge in [-0.3, -0.25) is 4.79 Å². The third kappa shape index (κ3) is 3.13. The Kier molecular flexibility index (Phi) is 3.91. The first-order valence-corrected chi connectivity index (χ1v) is 7.57. The van der Waals surface area contributed by atoms with Crippen molar-refractivity contribution in [3.05, 3.63) is 12.0 Å². The Bertz CT molecular complexity index is 566. The minimum Gasteiger partial charge on any atom is -0.481 e. The number of aliphatic carboxylic acids is 1. The molecule has 106 valence electrons. The van der Waals surface area contributed by atoms with Crippen LogP contribution in [0.5, 0.6) is 0 Å². The summed E-state index contributed by atoms with van der Waals surface area (Å²) in [5.41, 5.74) is 0. The zero-order valence-corrected chi connectivity index (χ0v) is 11.5. The highest BCUT2D eigenvalue weighted by Gasteiger charge is 2.33. The van der Waals surface area contributed by atoms with Gasteiger partial charge in [0, 0.05) is 19.5 Å². The Balaban J connectivity index is 2.02. The Hall–Kier alpha value is -1.41. The van der Waals surface area contributed by atoms with Gasteiger partial charge in [0.2, 0.25) is 0 Å². The summed E-state index contributed by atoms with van der Waals surface area (Å²) in [4.78, 5) is 17.1. The fraction of sp³-hybridized carbons (Fsp3) is 0.636. The van der Waals surface area contributed by atoms with Gasteiger partial charge in [-0.2, -0.15) is 4.31 Å². The molecule has 0 aliphatic carbocycles. The summed E-state index contributed by atoms with van der Waals surface area (Å²) in [6, 6.07) is 0. The molecule has 0 radical (unpaired) electrons. The quantitative estimate of drug-likeness (QED) is 0.825. The number of aromatic nitrogens is 2. The highest BCUT2D eigenvalue weighted by Crippen LogP contribution is 2.26. The maximum absolute atomic E-state index is 12.3. The van der Waals surface area contributed by atoms with E-state index < -0.39 is 16.0 Å². The lowest BCUT2D eigenvalue weighted by Crippen LogP contribution is -2.29.